The van der Waals surface area contributed by atoms with Crippen molar-refractivity contribution in [2.75, 3.05) is 26.2 Å². The molecule has 1 aliphatic heterocycles. The van der Waals surface area contributed by atoms with Gasteiger partial charge in [0.25, 0.3) is 0 Å². The molecule has 2 aliphatic rings. The quantitative estimate of drug-likeness (QED) is 0.826. The summed E-state index contributed by atoms with van der Waals surface area (Å²) in [5.74, 6) is 1.78. The van der Waals surface area contributed by atoms with E-state index < -0.39 is 0 Å². The Hall–Kier alpha value is -0.0800. The Morgan fingerprint density at radius 1 is 0.944 bits per heavy atom. The Balaban J connectivity index is 1.64. The van der Waals surface area contributed by atoms with Crippen LogP contribution in [0.3, 0.4) is 0 Å². The minimum atomic E-state index is 0.778. The van der Waals surface area contributed by atoms with Crippen molar-refractivity contribution in [2.24, 2.45) is 11.8 Å². The Kier molecular flexibility index (Phi) is 5.97. The number of hydrogen-bond acceptors (Lipinski definition) is 2. The Morgan fingerprint density at radius 2 is 1.67 bits per heavy atom. The van der Waals surface area contributed by atoms with Crippen LogP contribution in [0.15, 0.2) is 0 Å². The predicted octanol–water partition coefficient (Wildman–Crippen LogP) is 3.28. The number of rotatable bonds is 4. The lowest BCUT2D eigenvalue weighted by atomic mass is 9.78. The van der Waals surface area contributed by atoms with Crippen molar-refractivity contribution in [3.05, 3.63) is 0 Å². The van der Waals surface area contributed by atoms with Gasteiger partial charge in [-0.05, 0) is 44.2 Å². The molecule has 0 aromatic carbocycles. The van der Waals surface area contributed by atoms with E-state index in [1.165, 1.54) is 71.1 Å². The van der Waals surface area contributed by atoms with Gasteiger partial charge in [-0.25, -0.2) is 0 Å². The van der Waals surface area contributed by atoms with Gasteiger partial charge in [0.05, 0.1) is 0 Å². The highest BCUT2D eigenvalue weighted by molar-refractivity contribution is 4.82. The monoisotopic (exact) mass is 252 g/mol. The molecule has 2 rings (SSSR count). The third-order valence-corrected chi connectivity index (χ3v) is 5.24. The predicted molar refractivity (Wildman–Crippen MR) is 78.9 cm³/mol. The maximum atomic E-state index is 3.83. The summed E-state index contributed by atoms with van der Waals surface area (Å²) in [5.41, 5.74) is 0. The molecular formula is C16H32N2. The smallest absolute Gasteiger partial charge is 0.0107 e. The van der Waals surface area contributed by atoms with E-state index in [4.69, 9.17) is 0 Å². The highest BCUT2D eigenvalue weighted by Gasteiger charge is 2.26. The molecule has 1 saturated heterocycles. The summed E-state index contributed by atoms with van der Waals surface area (Å²) in [4.78, 5) is 2.66. The topological polar surface area (TPSA) is 15.3 Å². The Morgan fingerprint density at radius 3 is 2.39 bits per heavy atom. The van der Waals surface area contributed by atoms with Gasteiger partial charge in [-0.3, -0.25) is 0 Å². The van der Waals surface area contributed by atoms with Crippen LogP contribution in [0.25, 0.3) is 0 Å². The van der Waals surface area contributed by atoms with Crippen LogP contribution in [0.5, 0.6) is 0 Å². The molecule has 0 radical (unpaired) electrons. The van der Waals surface area contributed by atoms with Gasteiger partial charge in [-0.2, -0.15) is 0 Å². The molecule has 0 bridgehead atoms. The SMILES string of the molecule is CC1CCCC(NCCN2CCCCCC2)C1C. The lowest BCUT2D eigenvalue weighted by Crippen LogP contribution is -2.44. The van der Waals surface area contributed by atoms with E-state index in [2.05, 4.69) is 24.1 Å². The summed E-state index contributed by atoms with van der Waals surface area (Å²) in [6.07, 6.45) is 9.97. The van der Waals surface area contributed by atoms with Crippen LogP contribution in [-0.2, 0) is 0 Å². The Bertz CT molecular complexity index is 221. The third kappa shape index (κ3) is 4.24. The first-order valence-corrected chi connectivity index (χ1v) is 8.23. The second-order valence-electron chi connectivity index (χ2n) is 6.58. The summed E-state index contributed by atoms with van der Waals surface area (Å²) in [6, 6.07) is 0.778. The van der Waals surface area contributed by atoms with Crippen molar-refractivity contribution in [1.82, 2.24) is 10.2 Å². The first-order chi connectivity index (χ1) is 8.77. The first kappa shape index (κ1) is 14.3. The van der Waals surface area contributed by atoms with Crippen molar-refractivity contribution < 1.29 is 0 Å². The molecule has 2 nitrogen and oxygen atoms in total. The van der Waals surface area contributed by atoms with Gasteiger partial charge in [0.2, 0.25) is 0 Å². The number of likely N-dealkylation sites (tertiary alicyclic amines) is 1. The van der Waals surface area contributed by atoms with Crippen LogP contribution < -0.4 is 5.32 Å². The summed E-state index contributed by atoms with van der Waals surface area (Å²) in [5, 5.41) is 3.83. The number of nitrogens with one attached hydrogen (secondary N) is 1. The molecular weight excluding hydrogens is 220 g/mol. The number of nitrogens with zero attached hydrogens (tertiary/aromatic N) is 1. The summed E-state index contributed by atoms with van der Waals surface area (Å²) in [6.45, 7) is 9.98. The molecule has 18 heavy (non-hydrogen) atoms. The van der Waals surface area contributed by atoms with Gasteiger partial charge in [-0.1, -0.05) is 39.5 Å². The molecule has 2 fully saturated rings. The number of hydrogen-bond donors (Lipinski definition) is 1. The standard InChI is InChI=1S/C16H32N2/c1-14-8-7-9-16(15(14)2)17-10-13-18-11-5-3-4-6-12-18/h14-17H,3-13H2,1-2H3. The zero-order chi connectivity index (χ0) is 12.8. The first-order valence-electron chi connectivity index (χ1n) is 8.23. The molecule has 0 spiro atoms. The minimum absolute atomic E-state index is 0.778. The molecule has 1 saturated carbocycles. The molecule has 1 N–H and O–H groups in total. The van der Waals surface area contributed by atoms with Gasteiger partial charge in [0.1, 0.15) is 0 Å². The van der Waals surface area contributed by atoms with E-state index in [0.717, 1.165) is 17.9 Å². The molecule has 0 aromatic heterocycles. The highest BCUT2D eigenvalue weighted by atomic mass is 15.1. The van der Waals surface area contributed by atoms with Crippen LogP contribution >= 0.6 is 0 Å². The average Bonchev–Trinajstić information content (AvgIpc) is 2.63. The van der Waals surface area contributed by atoms with E-state index in [9.17, 15) is 0 Å². The highest BCUT2D eigenvalue weighted by Crippen LogP contribution is 2.29. The van der Waals surface area contributed by atoms with Gasteiger partial charge < -0.3 is 10.2 Å². The minimum Gasteiger partial charge on any atom is -0.312 e. The van der Waals surface area contributed by atoms with Crippen LogP contribution in [0.2, 0.25) is 0 Å². The zero-order valence-corrected chi connectivity index (χ0v) is 12.5. The van der Waals surface area contributed by atoms with Gasteiger partial charge in [-0.15, -0.1) is 0 Å². The fourth-order valence-electron chi connectivity index (χ4n) is 3.64. The molecule has 1 aliphatic carbocycles. The summed E-state index contributed by atoms with van der Waals surface area (Å²) < 4.78 is 0. The second kappa shape index (κ2) is 7.49. The molecule has 2 heteroatoms. The van der Waals surface area contributed by atoms with Gasteiger partial charge in [0.15, 0.2) is 0 Å². The molecule has 1 heterocycles. The zero-order valence-electron chi connectivity index (χ0n) is 12.5. The van der Waals surface area contributed by atoms with Crippen molar-refractivity contribution in [3.8, 4) is 0 Å². The van der Waals surface area contributed by atoms with E-state index in [1.807, 2.05) is 0 Å². The lowest BCUT2D eigenvalue weighted by molar-refractivity contribution is 0.197. The third-order valence-electron chi connectivity index (χ3n) is 5.24. The maximum Gasteiger partial charge on any atom is 0.0107 e. The van der Waals surface area contributed by atoms with E-state index in [1.54, 1.807) is 0 Å². The molecule has 0 amide bonds. The molecule has 3 unspecified atom stereocenters. The maximum absolute atomic E-state index is 3.83. The molecule has 0 aromatic rings. The van der Waals surface area contributed by atoms with Gasteiger partial charge in [0, 0.05) is 19.1 Å². The largest absolute Gasteiger partial charge is 0.312 e. The molecule has 3 atom stereocenters. The van der Waals surface area contributed by atoms with Crippen LogP contribution in [0.4, 0.5) is 0 Å². The van der Waals surface area contributed by atoms with Crippen molar-refractivity contribution in [3.63, 3.8) is 0 Å². The summed E-state index contributed by atoms with van der Waals surface area (Å²) in [7, 11) is 0. The van der Waals surface area contributed by atoms with Crippen molar-refractivity contribution >= 4 is 0 Å². The normalized spacial score (nSPS) is 35.3. The van der Waals surface area contributed by atoms with Crippen LogP contribution in [0.1, 0.15) is 58.8 Å². The Labute approximate surface area is 114 Å². The fourth-order valence-corrected chi connectivity index (χ4v) is 3.64. The van der Waals surface area contributed by atoms with E-state index >= 15 is 0 Å². The lowest BCUT2D eigenvalue weighted by Gasteiger charge is -2.35. The van der Waals surface area contributed by atoms with Gasteiger partial charge >= 0.3 is 0 Å². The molecule has 106 valence electrons. The van der Waals surface area contributed by atoms with E-state index in [-0.39, 0.29) is 0 Å². The van der Waals surface area contributed by atoms with Crippen molar-refractivity contribution in [1.29, 1.82) is 0 Å². The van der Waals surface area contributed by atoms with Crippen LogP contribution in [-0.4, -0.2) is 37.1 Å². The average molecular weight is 252 g/mol. The summed E-state index contributed by atoms with van der Waals surface area (Å²) >= 11 is 0. The van der Waals surface area contributed by atoms with Crippen LogP contribution in [0, 0.1) is 11.8 Å². The van der Waals surface area contributed by atoms with E-state index in [0.29, 0.717) is 0 Å². The van der Waals surface area contributed by atoms with Crippen molar-refractivity contribution in [2.45, 2.75) is 64.8 Å². The second-order valence-corrected chi connectivity index (χ2v) is 6.58. The fraction of sp³-hybridized carbons (Fsp3) is 1.00.